The van der Waals surface area contributed by atoms with Gasteiger partial charge >= 0.3 is 5.97 Å². The topological polar surface area (TPSA) is 55.8 Å². The zero-order valence-electron chi connectivity index (χ0n) is 13.6. The molecule has 0 aromatic heterocycles. The summed E-state index contributed by atoms with van der Waals surface area (Å²) in [5.74, 6) is -0.802. The molecule has 0 radical (unpaired) electrons. The van der Waals surface area contributed by atoms with E-state index < -0.39 is 12.1 Å². The molecule has 0 saturated carbocycles. The first-order valence-corrected chi connectivity index (χ1v) is 8.41. The molecule has 1 aliphatic heterocycles. The summed E-state index contributed by atoms with van der Waals surface area (Å²) in [6, 6.07) is 15.4. The van der Waals surface area contributed by atoms with Crippen LogP contribution in [-0.4, -0.2) is 43.1 Å². The van der Waals surface area contributed by atoms with Gasteiger partial charge in [0, 0.05) is 23.7 Å². The van der Waals surface area contributed by atoms with Crippen molar-refractivity contribution in [2.45, 2.75) is 6.10 Å². The lowest BCUT2D eigenvalue weighted by Gasteiger charge is -2.30. The van der Waals surface area contributed by atoms with E-state index in [1.807, 2.05) is 18.2 Å². The molecule has 130 valence electrons. The Morgan fingerprint density at radius 3 is 2.28 bits per heavy atom. The number of morpholine rings is 1. The molecule has 1 saturated heterocycles. The van der Waals surface area contributed by atoms with Crippen LogP contribution in [0.15, 0.2) is 54.6 Å². The smallest absolute Gasteiger partial charge is 0.339 e. The molecular weight excluding hydrogens is 342 g/mol. The average molecular weight is 360 g/mol. The van der Waals surface area contributed by atoms with E-state index in [2.05, 4.69) is 0 Å². The molecule has 2 aromatic rings. The van der Waals surface area contributed by atoms with E-state index in [4.69, 9.17) is 21.1 Å². The summed E-state index contributed by atoms with van der Waals surface area (Å²) in [7, 11) is 0. The van der Waals surface area contributed by atoms with Crippen molar-refractivity contribution in [1.29, 1.82) is 0 Å². The Hall–Kier alpha value is -2.37. The van der Waals surface area contributed by atoms with Crippen LogP contribution >= 0.6 is 11.6 Å². The van der Waals surface area contributed by atoms with Crippen LogP contribution < -0.4 is 0 Å². The number of ether oxygens (including phenoxy) is 2. The second-order valence-corrected chi connectivity index (χ2v) is 6.08. The van der Waals surface area contributed by atoms with Crippen LogP contribution in [0.25, 0.3) is 0 Å². The third-order valence-corrected chi connectivity index (χ3v) is 4.21. The van der Waals surface area contributed by atoms with Crippen LogP contribution in [-0.2, 0) is 14.3 Å². The van der Waals surface area contributed by atoms with Gasteiger partial charge in [-0.3, -0.25) is 4.79 Å². The van der Waals surface area contributed by atoms with Gasteiger partial charge in [-0.25, -0.2) is 4.79 Å². The third kappa shape index (κ3) is 4.38. The SMILES string of the molecule is O=C(OC(C(=O)N1CCOCC1)c1ccccc1)c1ccc(Cl)cc1. The molecule has 1 amide bonds. The van der Waals surface area contributed by atoms with Crippen molar-refractivity contribution in [2.75, 3.05) is 26.3 Å². The Bertz CT molecular complexity index is 727. The molecule has 1 atom stereocenters. The fourth-order valence-corrected chi connectivity index (χ4v) is 2.73. The standard InChI is InChI=1S/C19H18ClNO4/c20-16-8-6-15(7-9-16)19(23)25-17(14-4-2-1-3-5-14)18(22)21-10-12-24-13-11-21/h1-9,17H,10-13H2. The number of hydrogen-bond donors (Lipinski definition) is 0. The highest BCUT2D eigenvalue weighted by atomic mass is 35.5. The summed E-state index contributed by atoms with van der Waals surface area (Å²) in [4.78, 5) is 27.0. The Labute approximate surface area is 151 Å². The van der Waals surface area contributed by atoms with Crippen molar-refractivity contribution in [2.24, 2.45) is 0 Å². The Morgan fingerprint density at radius 1 is 1.00 bits per heavy atom. The molecule has 3 rings (SSSR count). The molecule has 1 aliphatic rings. The molecule has 0 N–H and O–H groups in total. The van der Waals surface area contributed by atoms with Crippen molar-refractivity contribution in [3.8, 4) is 0 Å². The monoisotopic (exact) mass is 359 g/mol. The number of nitrogens with zero attached hydrogens (tertiary/aromatic N) is 1. The minimum Gasteiger partial charge on any atom is -0.444 e. The van der Waals surface area contributed by atoms with E-state index >= 15 is 0 Å². The summed E-state index contributed by atoms with van der Waals surface area (Å²) in [6.07, 6.45) is -0.984. The van der Waals surface area contributed by atoms with Crippen molar-refractivity contribution >= 4 is 23.5 Å². The molecule has 0 spiro atoms. The molecule has 1 fully saturated rings. The number of halogens is 1. The van der Waals surface area contributed by atoms with E-state index in [-0.39, 0.29) is 5.91 Å². The van der Waals surface area contributed by atoms with Gasteiger partial charge in [0.05, 0.1) is 18.8 Å². The van der Waals surface area contributed by atoms with Crippen molar-refractivity contribution in [1.82, 2.24) is 4.90 Å². The van der Waals surface area contributed by atoms with Gasteiger partial charge < -0.3 is 14.4 Å². The van der Waals surface area contributed by atoms with E-state index in [0.29, 0.717) is 42.5 Å². The largest absolute Gasteiger partial charge is 0.444 e. The van der Waals surface area contributed by atoms with E-state index in [1.165, 1.54) is 0 Å². The summed E-state index contributed by atoms with van der Waals surface area (Å²) < 4.78 is 10.8. The minimum atomic E-state index is -0.984. The van der Waals surface area contributed by atoms with Crippen molar-refractivity contribution in [3.63, 3.8) is 0 Å². The number of amides is 1. The lowest BCUT2D eigenvalue weighted by Crippen LogP contribution is -2.44. The molecule has 25 heavy (non-hydrogen) atoms. The maximum absolute atomic E-state index is 12.9. The molecule has 0 aliphatic carbocycles. The predicted octanol–water partition coefficient (Wildman–Crippen LogP) is 3.10. The van der Waals surface area contributed by atoms with E-state index in [0.717, 1.165) is 0 Å². The highest BCUT2D eigenvalue weighted by Crippen LogP contribution is 2.23. The first-order valence-electron chi connectivity index (χ1n) is 8.03. The second-order valence-electron chi connectivity index (χ2n) is 5.64. The molecule has 5 nitrogen and oxygen atoms in total. The molecule has 1 heterocycles. The number of hydrogen-bond acceptors (Lipinski definition) is 4. The number of esters is 1. The van der Waals surface area contributed by atoms with Crippen LogP contribution in [0.3, 0.4) is 0 Å². The maximum Gasteiger partial charge on any atom is 0.339 e. The van der Waals surface area contributed by atoms with Gasteiger partial charge in [0.25, 0.3) is 5.91 Å². The normalized spacial score (nSPS) is 15.5. The quantitative estimate of drug-likeness (QED) is 0.787. The predicted molar refractivity (Wildman–Crippen MR) is 93.4 cm³/mol. The highest BCUT2D eigenvalue weighted by molar-refractivity contribution is 6.30. The maximum atomic E-state index is 12.9. The van der Waals surface area contributed by atoms with Gasteiger partial charge in [0.2, 0.25) is 6.10 Å². The molecule has 0 bridgehead atoms. The van der Waals surface area contributed by atoms with Gasteiger partial charge in [0.15, 0.2) is 0 Å². The van der Waals surface area contributed by atoms with Gasteiger partial charge in [-0.1, -0.05) is 41.9 Å². The first kappa shape index (κ1) is 17.5. The number of benzene rings is 2. The summed E-state index contributed by atoms with van der Waals surface area (Å²) >= 11 is 5.85. The molecule has 1 unspecified atom stereocenters. The van der Waals surface area contributed by atoms with Crippen LogP contribution in [0.1, 0.15) is 22.0 Å². The second kappa shape index (κ2) is 8.14. The summed E-state index contributed by atoms with van der Waals surface area (Å²) in [5, 5.41) is 0.528. The lowest BCUT2D eigenvalue weighted by molar-refractivity contribution is -0.145. The van der Waals surface area contributed by atoms with Gasteiger partial charge in [-0.2, -0.15) is 0 Å². The molecular formula is C19H18ClNO4. The van der Waals surface area contributed by atoms with Crippen LogP contribution in [0.2, 0.25) is 5.02 Å². The van der Waals surface area contributed by atoms with Crippen molar-refractivity contribution in [3.05, 3.63) is 70.7 Å². The Morgan fingerprint density at radius 2 is 1.64 bits per heavy atom. The lowest BCUT2D eigenvalue weighted by atomic mass is 10.1. The van der Waals surface area contributed by atoms with Gasteiger partial charge in [-0.15, -0.1) is 0 Å². The fourth-order valence-electron chi connectivity index (χ4n) is 2.60. The van der Waals surface area contributed by atoms with Gasteiger partial charge in [0.1, 0.15) is 0 Å². The summed E-state index contributed by atoms with van der Waals surface area (Å²) in [5.41, 5.74) is 0.987. The molecule has 2 aromatic carbocycles. The number of rotatable bonds is 4. The fraction of sp³-hybridized carbons (Fsp3) is 0.263. The highest BCUT2D eigenvalue weighted by Gasteiger charge is 2.30. The average Bonchev–Trinajstić information content (AvgIpc) is 2.67. The third-order valence-electron chi connectivity index (χ3n) is 3.95. The Balaban J connectivity index is 1.82. The molecule has 6 heteroatoms. The van der Waals surface area contributed by atoms with E-state index in [9.17, 15) is 9.59 Å². The zero-order valence-corrected chi connectivity index (χ0v) is 14.3. The van der Waals surface area contributed by atoms with Crippen molar-refractivity contribution < 1.29 is 19.1 Å². The van der Waals surface area contributed by atoms with Crippen LogP contribution in [0.5, 0.6) is 0 Å². The number of carbonyl (C=O) groups excluding carboxylic acids is 2. The van der Waals surface area contributed by atoms with E-state index in [1.54, 1.807) is 41.3 Å². The zero-order chi connectivity index (χ0) is 17.6. The minimum absolute atomic E-state index is 0.239. The van der Waals surface area contributed by atoms with Gasteiger partial charge in [-0.05, 0) is 24.3 Å². The van der Waals surface area contributed by atoms with Crippen LogP contribution in [0.4, 0.5) is 0 Å². The van der Waals surface area contributed by atoms with Crippen LogP contribution in [0, 0.1) is 0 Å². The Kier molecular flexibility index (Phi) is 5.68. The first-order chi connectivity index (χ1) is 12.1. The summed E-state index contributed by atoms with van der Waals surface area (Å²) in [6.45, 7) is 1.94. The number of carbonyl (C=O) groups is 2.